The molecule has 0 saturated carbocycles. The average molecular weight is 333 g/mol. The molecular weight excluding hydrogens is 313 g/mol. The Morgan fingerprint density at radius 3 is 2.83 bits per heavy atom. The molecule has 2 rings (SSSR count). The van der Waals surface area contributed by atoms with Crippen LogP contribution in [0.2, 0.25) is 0 Å². The van der Waals surface area contributed by atoms with Crippen LogP contribution in [0.4, 0.5) is 15.0 Å². The summed E-state index contributed by atoms with van der Waals surface area (Å²) in [5.41, 5.74) is 0.654. The van der Waals surface area contributed by atoms with Crippen LogP contribution in [0, 0.1) is 5.82 Å². The fourth-order valence-corrected chi connectivity index (χ4v) is 2.04. The number of amides is 2. The van der Waals surface area contributed by atoms with Gasteiger partial charge in [-0.15, -0.1) is 0 Å². The largest absolute Gasteiger partial charge is 0.494 e. The maximum absolute atomic E-state index is 13.7. The summed E-state index contributed by atoms with van der Waals surface area (Å²) < 4.78 is 18.6. The van der Waals surface area contributed by atoms with Crippen LogP contribution in [0.25, 0.3) is 0 Å². The standard InChI is InChI=1S/C16H20FN5O2/c1-11(12-3-4-14(24-2)13(17)9-12)22-16(23)21-8-7-20-15-10-18-5-6-19-15/h3-6,9-11H,7-8H2,1-2H3,(H,19,20)(H2,21,22,23)/t11-/m0/s1. The molecule has 0 spiro atoms. The molecule has 1 atom stereocenters. The first kappa shape index (κ1) is 17.5. The number of urea groups is 1. The molecule has 7 nitrogen and oxygen atoms in total. The molecule has 1 heterocycles. The molecule has 24 heavy (non-hydrogen) atoms. The van der Waals surface area contributed by atoms with Gasteiger partial charge in [-0.2, -0.15) is 0 Å². The van der Waals surface area contributed by atoms with Gasteiger partial charge in [0.25, 0.3) is 0 Å². The van der Waals surface area contributed by atoms with E-state index in [0.717, 1.165) is 0 Å². The van der Waals surface area contributed by atoms with E-state index in [1.165, 1.54) is 19.2 Å². The van der Waals surface area contributed by atoms with E-state index in [1.807, 2.05) is 0 Å². The zero-order chi connectivity index (χ0) is 17.4. The van der Waals surface area contributed by atoms with E-state index in [-0.39, 0.29) is 17.8 Å². The van der Waals surface area contributed by atoms with E-state index < -0.39 is 5.82 Å². The minimum Gasteiger partial charge on any atom is -0.494 e. The van der Waals surface area contributed by atoms with Gasteiger partial charge in [0.15, 0.2) is 11.6 Å². The van der Waals surface area contributed by atoms with Gasteiger partial charge in [-0.1, -0.05) is 6.07 Å². The maximum atomic E-state index is 13.7. The number of hydrogen-bond donors (Lipinski definition) is 3. The molecule has 128 valence electrons. The van der Waals surface area contributed by atoms with Gasteiger partial charge in [0.2, 0.25) is 0 Å². The summed E-state index contributed by atoms with van der Waals surface area (Å²) in [6.45, 7) is 2.70. The number of methoxy groups -OCH3 is 1. The number of benzene rings is 1. The number of halogens is 1. The van der Waals surface area contributed by atoms with Gasteiger partial charge in [-0.3, -0.25) is 4.98 Å². The summed E-state index contributed by atoms with van der Waals surface area (Å²) in [6.07, 6.45) is 4.76. The van der Waals surface area contributed by atoms with Gasteiger partial charge >= 0.3 is 6.03 Å². The lowest BCUT2D eigenvalue weighted by atomic mass is 10.1. The molecule has 2 amide bonds. The lowest BCUT2D eigenvalue weighted by molar-refractivity contribution is 0.238. The van der Waals surface area contributed by atoms with Crippen LogP contribution in [0.1, 0.15) is 18.5 Å². The van der Waals surface area contributed by atoms with Gasteiger partial charge in [0.1, 0.15) is 5.82 Å². The molecule has 0 aliphatic carbocycles. The van der Waals surface area contributed by atoms with Crippen LogP contribution in [-0.2, 0) is 0 Å². The van der Waals surface area contributed by atoms with Crippen molar-refractivity contribution in [3.05, 3.63) is 48.2 Å². The molecule has 0 aliphatic rings. The Morgan fingerprint density at radius 2 is 2.17 bits per heavy atom. The molecule has 0 bridgehead atoms. The SMILES string of the molecule is COc1ccc([C@H](C)NC(=O)NCCNc2cnccn2)cc1F. The number of hydrogen-bond acceptors (Lipinski definition) is 5. The topological polar surface area (TPSA) is 88.2 Å². The fourth-order valence-electron chi connectivity index (χ4n) is 2.04. The Kier molecular flexibility index (Phi) is 6.30. The van der Waals surface area contributed by atoms with Crippen LogP contribution in [0.15, 0.2) is 36.8 Å². The van der Waals surface area contributed by atoms with Gasteiger partial charge < -0.3 is 20.7 Å². The van der Waals surface area contributed by atoms with Crippen molar-refractivity contribution >= 4 is 11.8 Å². The Labute approximate surface area is 139 Å². The minimum absolute atomic E-state index is 0.172. The summed E-state index contributed by atoms with van der Waals surface area (Å²) in [4.78, 5) is 19.8. The van der Waals surface area contributed by atoms with E-state index in [1.54, 1.807) is 31.6 Å². The Morgan fingerprint density at radius 1 is 1.33 bits per heavy atom. The quantitative estimate of drug-likeness (QED) is 0.675. The van der Waals surface area contributed by atoms with Gasteiger partial charge in [0, 0.05) is 25.5 Å². The van der Waals surface area contributed by atoms with Crippen LogP contribution in [0.3, 0.4) is 0 Å². The zero-order valence-electron chi connectivity index (χ0n) is 13.5. The third-order valence-electron chi connectivity index (χ3n) is 3.30. The molecule has 1 aromatic carbocycles. The number of carbonyl (C=O) groups is 1. The summed E-state index contributed by atoms with van der Waals surface area (Å²) in [5.74, 6) is 0.351. The number of ether oxygens (including phenoxy) is 1. The third-order valence-corrected chi connectivity index (χ3v) is 3.30. The second-order valence-corrected chi connectivity index (χ2v) is 5.03. The number of rotatable bonds is 7. The Balaban J connectivity index is 1.74. The third kappa shape index (κ3) is 5.08. The molecular formula is C16H20FN5O2. The molecule has 0 saturated heterocycles. The summed E-state index contributed by atoms with van der Waals surface area (Å²) in [7, 11) is 1.41. The first-order valence-electron chi connectivity index (χ1n) is 7.48. The summed E-state index contributed by atoms with van der Waals surface area (Å²) in [5, 5.41) is 8.48. The molecule has 1 aromatic heterocycles. The Hall–Kier alpha value is -2.90. The number of nitrogens with one attached hydrogen (secondary N) is 3. The lowest BCUT2D eigenvalue weighted by Crippen LogP contribution is -2.39. The molecule has 0 unspecified atom stereocenters. The number of aromatic nitrogens is 2. The van der Waals surface area contributed by atoms with Crippen LogP contribution >= 0.6 is 0 Å². The maximum Gasteiger partial charge on any atom is 0.315 e. The van der Waals surface area contributed by atoms with E-state index >= 15 is 0 Å². The second-order valence-electron chi connectivity index (χ2n) is 5.03. The van der Waals surface area contributed by atoms with Gasteiger partial charge in [-0.25, -0.2) is 14.2 Å². The van der Waals surface area contributed by atoms with Crippen LogP contribution in [0.5, 0.6) is 5.75 Å². The summed E-state index contributed by atoms with van der Waals surface area (Å²) >= 11 is 0. The first-order valence-corrected chi connectivity index (χ1v) is 7.48. The van der Waals surface area contributed by atoms with Crippen LogP contribution < -0.4 is 20.7 Å². The minimum atomic E-state index is -0.461. The average Bonchev–Trinajstić information content (AvgIpc) is 2.59. The van der Waals surface area contributed by atoms with E-state index in [4.69, 9.17) is 4.74 Å². The summed E-state index contributed by atoms with van der Waals surface area (Å²) in [6, 6.07) is 3.92. The second kappa shape index (κ2) is 8.66. The van der Waals surface area contributed by atoms with Crippen molar-refractivity contribution in [3.8, 4) is 5.75 Å². The molecule has 2 aromatic rings. The molecule has 0 radical (unpaired) electrons. The smallest absolute Gasteiger partial charge is 0.315 e. The van der Waals surface area contributed by atoms with Crippen molar-refractivity contribution in [2.24, 2.45) is 0 Å². The molecule has 0 aliphatic heterocycles. The van der Waals surface area contributed by atoms with E-state index in [2.05, 4.69) is 25.9 Å². The highest BCUT2D eigenvalue weighted by Crippen LogP contribution is 2.21. The lowest BCUT2D eigenvalue weighted by Gasteiger charge is -2.16. The molecule has 0 fully saturated rings. The van der Waals surface area contributed by atoms with Crippen LogP contribution in [-0.4, -0.2) is 36.2 Å². The fraction of sp³-hybridized carbons (Fsp3) is 0.312. The number of anilines is 1. The van der Waals surface area contributed by atoms with E-state index in [9.17, 15) is 9.18 Å². The van der Waals surface area contributed by atoms with Crippen molar-refractivity contribution in [1.29, 1.82) is 0 Å². The normalized spacial score (nSPS) is 11.5. The van der Waals surface area contributed by atoms with Crippen molar-refractivity contribution < 1.29 is 13.9 Å². The highest BCUT2D eigenvalue weighted by molar-refractivity contribution is 5.74. The monoisotopic (exact) mass is 333 g/mol. The van der Waals surface area contributed by atoms with E-state index in [0.29, 0.717) is 24.5 Å². The highest BCUT2D eigenvalue weighted by atomic mass is 19.1. The first-order chi connectivity index (χ1) is 11.6. The highest BCUT2D eigenvalue weighted by Gasteiger charge is 2.11. The van der Waals surface area contributed by atoms with Crippen molar-refractivity contribution in [1.82, 2.24) is 20.6 Å². The van der Waals surface area contributed by atoms with Crippen molar-refractivity contribution in [2.75, 3.05) is 25.5 Å². The molecule has 8 heteroatoms. The Bertz CT molecular complexity index is 669. The number of nitrogens with zero attached hydrogens (tertiary/aromatic N) is 2. The van der Waals surface area contributed by atoms with Crippen molar-refractivity contribution in [2.45, 2.75) is 13.0 Å². The van der Waals surface area contributed by atoms with Gasteiger partial charge in [0.05, 0.1) is 19.3 Å². The van der Waals surface area contributed by atoms with Crippen molar-refractivity contribution in [3.63, 3.8) is 0 Å². The molecule has 3 N–H and O–H groups in total. The zero-order valence-corrected chi connectivity index (χ0v) is 13.5. The predicted octanol–water partition coefficient (Wildman–Crippen LogP) is 2.10. The number of carbonyl (C=O) groups excluding carboxylic acids is 1. The van der Waals surface area contributed by atoms with Gasteiger partial charge in [-0.05, 0) is 24.6 Å². The predicted molar refractivity (Wildman–Crippen MR) is 88.4 cm³/mol.